The van der Waals surface area contributed by atoms with Crippen LogP contribution in [0.1, 0.15) is 27.2 Å². The first-order valence-corrected chi connectivity index (χ1v) is 8.77. The topological polar surface area (TPSA) is 87.2 Å². The Morgan fingerprint density at radius 3 is 2.88 bits per heavy atom. The highest BCUT2D eigenvalue weighted by molar-refractivity contribution is 7.20. The molecule has 0 aliphatic rings. The van der Waals surface area contributed by atoms with E-state index in [9.17, 15) is 9.59 Å². The van der Waals surface area contributed by atoms with Crippen LogP contribution in [0.15, 0.2) is 35.4 Å². The van der Waals surface area contributed by atoms with Crippen molar-refractivity contribution in [3.8, 4) is 5.75 Å². The highest BCUT2D eigenvalue weighted by atomic mass is 32.1. The van der Waals surface area contributed by atoms with E-state index in [-0.39, 0.29) is 5.56 Å². The molecule has 6 nitrogen and oxygen atoms in total. The molecule has 2 N–H and O–H groups in total. The van der Waals surface area contributed by atoms with Crippen LogP contribution in [0.5, 0.6) is 5.75 Å². The smallest absolute Gasteiger partial charge is 0.262 e. The molecule has 0 aliphatic heterocycles. The van der Waals surface area contributed by atoms with Crippen LogP contribution >= 0.6 is 11.3 Å². The average Bonchev–Trinajstić information content (AvgIpc) is 2.91. The number of aryl methyl sites for hydroxylation is 3. The Balaban J connectivity index is 1.72. The number of benzene rings is 1. The first kappa shape index (κ1) is 17.2. The molecule has 3 rings (SSSR count). The standard InChI is InChI=1S/C18H19N3O3S/c1-11-5-3-6-13(9-11)24-8-4-7-21-10-20-17-14(18(21)23)12(2)15(25-17)16(19)22/h3,5-6,9-10H,4,7-8H2,1-2H3,(H2,19,22). The Bertz CT molecular complexity index is 991. The number of thiophene rings is 1. The number of carbonyl (C=O) groups is 1. The summed E-state index contributed by atoms with van der Waals surface area (Å²) in [6.45, 7) is 4.74. The second-order valence-electron chi connectivity index (χ2n) is 5.86. The summed E-state index contributed by atoms with van der Waals surface area (Å²) in [4.78, 5) is 29.3. The van der Waals surface area contributed by atoms with E-state index in [1.54, 1.807) is 11.5 Å². The van der Waals surface area contributed by atoms with Gasteiger partial charge >= 0.3 is 0 Å². The fraction of sp³-hybridized carbons (Fsp3) is 0.278. The molecule has 1 amide bonds. The zero-order valence-electron chi connectivity index (χ0n) is 14.1. The SMILES string of the molecule is Cc1cccc(OCCCn2cnc3sc(C(N)=O)c(C)c3c2=O)c1. The van der Waals surface area contributed by atoms with Gasteiger partial charge in [-0.05, 0) is 43.5 Å². The van der Waals surface area contributed by atoms with Crippen molar-refractivity contribution < 1.29 is 9.53 Å². The molecule has 2 aromatic heterocycles. The summed E-state index contributed by atoms with van der Waals surface area (Å²) in [6.07, 6.45) is 2.19. The zero-order valence-corrected chi connectivity index (χ0v) is 14.9. The van der Waals surface area contributed by atoms with Gasteiger partial charge in [-0.3, -0.25) is 14.2 Å². The minimum atomic E-state index is -0.530. The molecule has 0 spiro atoms. The fourth-order valence-electron chi connectivity index (χ4n) is 2.68. The molecule has 7 heteroatoms. The highest BCUT2D eigenvalue weighted by Crippen LogP contribution is 2.26. The Hall–Kier alpha value is -2.67. The predicted molar refractivity (Wildman–Crippen MR) is 98.4 cm³/mol. The van der Waals surface area contributed by atoms with E-state index in [1.165, 1.54) is 6.33 Å². The van der Waals surface area contributed by atoms with E-state index >= 15 is 0 Å². The highest BCUT2D eigenvalue weighted by Gasteiger charge is 2.17. The minimum Gasteiger partial charge on any atom is -0.494 e. The molecule has 1 aromatic carbocycles. The van der Waals surface area contributed by atoms with Gasteiger partial charge < -0.3 is 10.5 Å². The number of fused-ring (bicyclic) bond motifs is 1. The lowest BCUT2D eigenvalue weighted by Gasteiger charge is -2.08. The average molecular weight is 357 g/mol. The van der Waals surface area contributed by atoms with Gasteiger partial charge in [-0.25, -0.2) is 4.98 Å². The van der Waals surface area contributed by atoms with Crippen LogP contribution in [-0.2, 0) is 6.54 Å². The van der Waals surface area contributed by atoms with Crippen molar-refractivity contribution in [2.24, 2.45) is 5.73 Å². The second-order valence-corrected chi connectivity index (χ2v) is 6.86. The number of carbonyl (C=O) groups excluding carboxylic acids is 1. The van der Waals surface area contributed by atoms with E-state index < -0.39 is 5.91 Å². The molecule has 0 fully saturated rings. The summed E-state index contributed by atoms with van der Waals surface area (Å²) in [6, 6.07) is 7.84. The van der Waals surface area contributed by atoms with E-state index in [0.717, 1.165) is 22.6 Å². The number of nitrogens with two attached hydrogens (primary N) is 1. The number of aromatic nitrogens is 2. The summed E-state index contributed by atoms with van der Waals surface area (Å²) < 4.78 is 7.25. The van der Waals surface area contributed by atoms with Crippen molar-refractivity contribution in [3.63, 3.8) is 0 Å². The normalized spacial score (nSPS) is 11.0. The number of hydrogen-bond acceptors (Lipinski definition) is 5. The molecule has 0 bridgehead atoms. The molecule has 130 valence electrons. The van der Waals surface area contributed by atoms with E-state index in [4.69, 9.17) is 10.5 Å². The number of nitrogens with zero attached hydrogens (tertiary/aromatic N) is 2. The van der Waals surface area contributed by atoms with Crippen molar-refractivity contribution in [2.75, 3.05) is 6.61 Å². The van der Waals surface area contributed by atoms with Gasteiger partial charge in [-0.15, -0.1) is 11.3 Å². The third-order valence-electron chi connectivity index (χ3n) is 3.94. The largest absolute Gasteiger partial charge is 0.494 e. The lowest BCUT2D eigenvalue weighted by Crippen LogP contribution is -2.21. The molecule has 3 aromatic rings. The van der Waals surface area contributed by atoms with Gasteiger partial charge in [0.25, 0.3) is 11.5 Å². The van der Waals surface area contributed by atoms with Crippen LogP contribution < -0.4 is 16.0 Å². The number of amides is 1. The molecule has 0 saturated carbocycles. The quantitative estimate of drug-likeness (QED) is 0.687. The van der Waals surface area contributed by atoms with Gasteiger partial charge in [0.05, 0.1) is 23.2 Å². The monoisotopic (exact) mass is 357 g/mol. The van der Waals surface area contributed by atoms with Crippen LogP contribution in [0.2, 0.25) is 0 Å². The van der Waals surface area contributed by atoms with Crippen LogP contribution in [0.25, 0.3) is 10.2 Å². The van der Waals surface area contributed by atoms with Crippen molar-refractivity contribution >= 4 is 27.5 Å². The summed E-state index contributed by atoms with van der Waals surface area (Å²) in [5, 5.41) is 0.473. The predicted octanol–water partition coefficient (Wildman–Crippen LogP) is 2.64. The Morgan fingerprint density at radius 1 is 1.36 bits per heavy atom. The molecule has 0 aliphatic carbocycles. The number of rotatable bonds is 6. The lowest BCUT2D eigenvalue weighted by molar-refractivity contribution is 0.100. The Labute approximate surface area is 148 Å². The van der Waals surface area contributed by atoms with Gasteiger partial charge in [-0.1, -0.05) is 12.1 Å². The lowest BCUT2D eigenvalue weighted by atomic mass is 10.2. The van der Waals surface area contributed by atoms with Crippen molar-refractivity contribution in [2.45, 2.75) is 26.8 Å². The molecule has 0 atom stereocenters. The maximum Gasteiger partial charge on any atom is 0.262 e. The van der Waals surface area contributed by atoms with Gasteiger partial charge in [0.15, 0.2) is 0 Å². The summed E-state index contributed by atoms with van der Waals surface area (Å²) in [5.74, 6) is 0.290. The third-order valence-corrected chi connectivity index (χ3v) is 5.16. The fourth-order valence-corrected chi connectivity index (χ4v) is 3.67. The zero-order chi connectivity index (χ0) is 18.0. The Morgan fingerprint density at radius 2 is 2.16 bits per heavy atom. The molecule has 0 radical (unpaired) electrons. The summed E-state index contributed by atoms with van der Waals surface area (Å²) >= 11 is 1.16. The van der Waals surface area contributed by atoms with Crippen molar-refractivity contribution in [3.05, 3.63) is 57.0 Å². The van der Waals surface area contributed by atoms with Crippen LogP contribution in [-0.4, -0.2) is 22.1 Å². The van der Waals surface area contributed by atoms with Gasteiger partial charge in [-0.2, -0.15) is 0 Å². The van der Waals surface area contributed by atoms with Crippen LogP contribution in [0.4, 0.5) is 0 Å². The second kappa shape index (κ2) is 7.06. The first-order chi connectivity index (χ1) is 12.0. The van der Waals surface area contributed by atoms with Crippen LogP contribution in [0, 0.1) is 13.8 Å². The number of ether oxygens (including phenoxy) is 1. The van der Waals surface area contributed by atoms with Crippen molar-refractivity contribution in [1.82, 2.24) is 9.55 Å². The van der Waals surface area contributed by atoms with Crippen molar-refractivity contribution in [1.29, 1.82) is 0 Å². The molecule has 0 unspecified atom stereocenters. The maximum absolute atomic E-state index is 12.6. The van der Waals surface area contributed by atoms with E-state index in [1.807, 2.05) is 31.2 Å². The van der Waals surface area contributed by atoms with Gasteiger partial charge in [0.2, 0.25) is 0 Å². The van der Waals surface area contributed by atoms with Crippen LogP contribution in [0.3, 0.4) is 0 Å². The number of primary amides is 1. The molecule has 0 saturated heterocycles. The van der Waals surface area contributed by atoms with E-state index in [2.05, 4.69) is 4.98 Å². The maximum atomic E-state index is 12.6. The van der Waals surface area contributed by atoms with Gasteiger partial charge in [0, 0.05) is 6.54 Å². The minimum absolute atomic E-state index is 0.151. The summed E-state index contributed by atoms with van der Waals surface area (Å²) in [7, 11) is 0. The Kier molecular flexibility index (Phi) is 4.85. The summed E-state index contributed by atoms with van der Waals surface area (Å²) in [5.41, 5.74) is 6.95. The number of hydrogen-bond donors (Lipinski definition) is 1. The van der Waals surface area contributed by atoms with Gasteiger partial charge in [0.1, 0.15) is 10.6 Å². The molecule has 2 heterocycles. The molecular formula is C18H19N3O3S. The van der Waals surface area contributed by atoms with E-state index in [0.29, 0.717) is 40.2 Å². The molecule has 25 heavy (non-hydrogen) atoms. The first-order valence-electron chi connectivity index (χ1n) is 7.95. The molecular weight excluding hydrogens is 338 g/mol. The third kappa shape index (κ3) is 3.56.